The Bertz CT molecular complexity index is 592. The van der Waals surface area contributed by atoms with Crippen LogP contribution in [0.25, 0.3) is 11.0 Å². The first-order valence-corrected chi connectivity index (χ1v) is 6.18. The monoisotopic (exact) mass is 265 g/mol. The molecular weight excluding hydrogens is 254 g/mol. The topological polar surface area (TPSA) is 67.2 Å². The first-order chi connectivity index (χ1) is 8.72. The molecule has 2 aromatic rings. The molecule has 1 heterocycles. The maximum Gasteiger partial charge on any atom is 0.315 e. The van der Waals surface area contributed by atoms with Crippen molar-refractivity contribution in [2.45, 2.75) is 25.4 Å². The molecule has 1 aliphatic rings. The van der Waals surface area contributed by atoms with Gasteiger partial charge in [-0.2, -0.15) is 0 Å². The molecule has 1 fully saturated rings. The molecule has 1 saturated carbocycles. The first-order valence-electron chi connectivity index (χ1n) is 5.80. The molecule has 3 rings (SSSR count). The van der Waals surface area contributed by atoms with Crippen molar-refractivity contribution in [3.63, 3.8) is 0 Å². The number of hydrogen-bond donors (Lipinski definition) is 2. The summed E-state index contributed by atoms with van der Waals surface area (Å²) < 4.78 is 5.15. The van der Waals surface area contributed by atoms with Crippen LogP contribution in [-0.4, -0.2) is 17.2 Å². The molecule has 6 heteroatoms. The summed E-state index contributed by atoms with van der Waals surface area (Å²) in [7, 11) is 0. The van der Waals surface area contributed by atoms with Crippen molar-refractivity contribution < 1.29 is 9.32 Å². The molecule has 0 aliphatic heterocycles. The van der Waals surface area contributed by atoms with Crippen LogP contribution in [0.4, 0.5) is 4.79 Å². The Morgan fingerprint density at radius 3 is 3.11 bits per heavy atom. The summed E-state index contributed by atoms with van der Waals surface area (Å²) in [6.45, 7) is 0.325. The molecule has 94 valence electrons. The van der Waals surface area contributed by atoms with E-state index in [9.17, 15) is 4.79 Å². The molecule has 0 radical (unpaired) electrons. The quantitative estimate of drug-likeness (QED) is 0.896. The molecule has 0 atom stereocenters. The second-order valence-corrected chi connectivity index (χ2v) is 4.81. The van der Waals surface area contributed by atoms with Crippen LogP contribution in [-0.2, 0) is 6.54 Å². The first kappa shape index (κ1) is 11.3. The molecule has 1 aromatic carbocycles. The van der Waals surface area contributed by atoms with Gasteiger partial charge in [0, 0.05) is 16.5 Å². The number of nitrogens with zero attached hydrogens (tertiary/aromatic N) is 1. The fraction of sp³-hybridized carbons (Fsp3) is 0.333. The predicted octanol–water partition coefficient (Wildman–Crippen LogP) is 2.44. The van der Waals surface area contributed by atoms with Gasteiger partial charge in [0.15, 0.2) is 5.58 Å². The van der Waals surface area contributed by atoms with Gasteiger partial charge >= 0.3 is 6.03 Å². The largest absolute Gasteiger partial charge is 0.356 e. The van der Waals surface area contributed by atoms with Crippen LogP contribution < -0.4 is 10.6 Å². The van der Waals surface area contributed by atoms with Crippen LogP contribution in [0.2, 0.25) is 5.02 Å². The molecule has 1 aliphatic carbocycles. The molecule has 0 spiro atoms. The maximum atomic E-state index is 11.5. The molecular formula is C12H12ClN3O2. The van der Waals surface area contributed by atoms with Crippen LogP contribution in [0.5, 0.6) is 0 Å². The van der Waals surface area contributed by atoms with E-state index in [1.807, 2.05) is 0 Å². The number of urea groups is 1. The number of nitrogens with one attached hydrogen (secondary N) is 2. The number of carbonyl (C=O) groups excluding carboxylic acids is 1. The standard InChI is InChI=1S/C12H12ClN3O2/c13-7-1-4-11-9(5-7)10(16-18-11)6-14-12(17)15-8-2-3-8/h1,4-5,8H,2-3,6H2,(H2,14,15,17). The molecule has 5 nitrogen and oxygen atoms in total. The Balaban J connectivity index is 1.69. The van der Waals surface area contributed by atoms with Crippen LogP contribution in [0, 0.1) is 0 Å². The SMILES string of the molecule is O=C(NCc1noc2ccc(Cl)cc12)NC1CC1. The highest BCUT2D eigenvalue weighted by Gasteiger charge is 2.23. The van der Waals surface area contributed by atoms with E-state index in [2.05, 4.69) is 15.8 Å². The number of halogens is 1. The zero-order chi connectivity index (χ0) is 12.5. The normalized spacial score (nSPS) is 14.7. The van der Waals surface area contributed by atoms with Crippen molar-refractivity contribution in [2.24, 2.45) is 0 Å². The van der Waals surface area contributed by atoms with Crippen LogP contribution >= 0.6 is 11.6 Å². The number of aromatic nitrogens is 1. The average Bonchev–Trinajstić information content (AvgIpc) is 3.06. The number of fused-ring (bicyclic) bond motifs is 1. The van der Waals surface area contributed by atoms with Crippen molar-refractivity contribution in [3.05, 3.63) is 28.9 Å². The summed E-state index contributed by atoms with van der Waals surface area (Å²) in [6.07, 6.45) is 2.13. The number of rotatable bonds is 3. The van der Waals surface area contributed by atoms with Crippen molar-refractivity contribution in [2.75, 3.05) is 0 Å². The molecule has 0 unspecified atom stereocenters. The van der Waals surface area contributed by atoms with Gasteiger partial charge in [-0.3, -0.25) is 0 Å². The minimum atomic E-state index is -0.171. The third kappa shape index (κ3) is 2.41. The Morgan fingerprint density at radius 2 is 2.33 bits per heavy atom. The summed E-state index contributed by atoms with van der Waals surface area (Å²) in [5.41, 5.74) is 1.34. The molecule has 18 heavy (non-hydrogen) atoms. The van der Waals surface area contributed by atoms with Gasteiger partial charge in [0.1, 0.15) is 5.69 Å². The van der Waals surface area contributed by atoms with E-state index in [0.29, 0.717) is 28.9 Å². The Kier molecular flexibility index (Phi) is 2.83. The zero-order valence-electron chi connectivity index (χ0n) is 9.57. The third-order valence-electron chi connectivity index (χ3n) is 2.84. The summed E-state index contributed by atoms with van der Waals surface area (Å²) in [4.78, 5) is 11.5. The van der Waals surface area contributed by atoms with Crippen LogP contribution in [0.3, 0.4) is 0 Å². The highest BCUT2D eigenvalue weighted by molar-refractivity contribution is 6.31. The van der Waals surface area contributed by atoms with Gasteiger partial charge < -0.3 is 15.2 Å². The summed E-state index contributed by atoms with van der Waals surface area (Å²) >= 11 is 5.92. The lowest BCUT2D eigenvalue weighted by Gasteiger charge is -2.04. The fourth-order valence-corrected chi connectivity index (χ4v) is 1.89. The second kappa shape index (κ2) is 4.49. The van der Waals surface area contributed by atoms with E-state index in [0.717, 1.165) is 18.2 Å². The molecule has 2 amide bonds. The highest BCUT2D eigenvalue weighted by atomic mass is 35.5. The smallest absolute Gasteiger partial charge is 0.315 e. The second-order valence-electron chi connectivity index (χ2n) is 4.37. The zero-order valence-corrected chi connectivity index (χ0v) is 10.3. The van der Waals surface area contributed by atoms with E-state index < -0.39 is 0 Å². The minimum absolute atomic E-state index is 0.171. The number of hydrogen-bond acceptors (Lipinski definition) is 3. The van der Waals surface area contributed by atoms with Gasteiger partial charge in [0.2, 0.25) is 0 Å². The van der Waals surface area contributed by atoms with Gasteiger partial charge in [-0.1, -0.05) is 16.8 Å². The van der Waals surface area contributed by atoms with E-state index in [1.165, 1.54) is 0 Å². The van der Waals surface area contributed by atoms with Gasteiger partial charge in [0.05, 0.1) is 6.54 Å². The highest BCUT2D eigenvalue weighted by Crippen LogP contribution is 2.22. The lowest BCUT2D eigenvalue weighted by molar-refractivity contribution is 0.240. The minimum Gasteiger partial charge on any atom is -0.356 e. The average molecular weight is 266 g/mol. The van der Waals surface area contributed by atoms with Crippen molar-refractivity contribution in [3.8, 4) is 0 Å². The van der Waals surface area contributed by atoms with Crippen molar-refractivity contribution in [1.82, 2.24) is 15.8 Å². The van der Waals surface area contributed by atoms with Gasteiger partial charge in [0.25, 0.3) is 0 Å². The fourth-order valence-electron chi connectivity index (χ4n) is 1.72. The summed E-state index contributed by atoms with van der Waals surface area (Å²) in [5.74, 6) is 0. The maximum absolute atomic E-state index is 11.5. The van der Waals surface area contributed by atoms with Crippen LogP contribution in [0.1, 0.15) is 18.5 Å². The van der Waals surface area contributed by atoms with Gasteiger partial charge in [-0.15, -0.1) is 0 Å². The summed E-state index contributed by atoms with van der Waals surface area (Å²) in [6, 6.07) is 5.46. The van der Waals surface area contributed by atoms with Crippen molar-refractivity contribution >= 4 is 28.6 Å². The van der Waals surface area contributed by atoms with Crippen LogP contribution in [0.15, 0.2) is 22.7 Å². The van der Waals surface area contributed by atoms with E-state index in [-0.39, 0.29) is 6.03 Å². The van der Waals surface area contributed by atoms with E-state index in [4.69, 9.17) is 16.1 Å². The number of amides is 2. The molecule has 0 saturated heterocycles. The van der Waals surface area contributed by atoms with Gasteiger partial charge in [-0.25, -0.2) is 4.79 Å². The van der Waals surface area contributed by atoms with Crippen molar-refractivity contribution in [1.29, 1.82) is 0 Å². The Labute approximate surface area is 108 Å². The Morgan fingerprint density at radius 1 is 1.50 bits per heavy atom. The predicted molar refractivity (Wildman–Crippen MR) is 67.4 cm³/mol. The lowest BCUT2D eigenvalue weighted by Crippen LogP contribution is -2.36. The summed E-state index contributed by atoms with van der Waals surface area (Å²) in [5, 5.41) is 11.0. The van der Waals surface area contributed by atoms with E-state index in [1.54, 1.807) is 18.2 Å². The number of benzene rings is 1. The molecule has 1 aromatic heterocycles. The van der Waals surface area contributed by atoms with Gasteiger partial charge in [-0.05, 0) is 31.0 Å². The number of carbonyl (C=O) groups is 1. The third-order valence-corrected chi connectivity index (χ3v) is 3.07. The molecule has 2 N–H and O–H groups in total. The van der Waals surface area contributed by atoms with E-state index >= 15 is 0 Å². The molecule has 0 bridgehead atoms. The Hall–Kier alpha value is -1.75. The lowest BCUT2D eigenvalue weighted by atomic mass is 10.2.